The Kier molecular flexibility index (Phi) is 3.28. The highest BCUT2D eigenvalue weighted by Crippen LogP contribution is 2.57. The molecule has 2 rings (SSSR count). The molecule has 0 amide bonds. The van der Waals surface area contributed by atoms with Gasteiger partial charge in [-0.25, -0.2) is 4.98 Å². The fraction of sp³-hybridized carbons (Fsp3) is 0.857. The first kappa shape index (κ1) is 12.6. The van der Waals surface area contributed by atoms with Crippen LogP contribution in [0.4, 0.5) is 0 Å². The predicted molar refractivity (Wildman–Crippen MR) is 69.5 cm³/mol. The summed E-state index contributed by atoms with van der Waals surface area (Å²) >= 11 is 0. The molecule has 0 bridgehead atoms. The van der Waals surface area contributed by atoms with Crippen LogP contribution >= 0.6 is 0 Å². The molecule has 3 nitrogen and oxygen atoms in total. The van der Waals surface area contributed by atoms with Crippen LogP contribution in [0.1, 0.15) is 53.4 Å². The average molecular weight is 235 g/mol. The van der Waals surface area contributed by atoms with Crippen LogP contribution in [-0.2, 0) is 6.54 Å². The largest absolute Gasteiger partial charge is 0.253 e. The van der Waals surface area contributed by atoms with Gasteiger partial charge in [0.1, 0.15) is 12.7 Å². The Balaban J connectivity index is 1.90. The van der Waals surface area contributed by atoms with E-state index in [-0.39, 0.29) is 0 Å². The molecule has 17 heavy (non-hydrogen) atoms. The molecule has 1 heterocycles. The van der Waals surface area contributed by atoms with Gasteiger partial charge in [0.15, 0.2) is 0 Å². The van der Waals surface area contributed by atoms with Gasteiger partial charge in [-0.05, 0) is 42.4 Å². The molecule has 0 spiro atoms. The standard InChI is InChI=1S/C14H25N3/c1-12-6-8-14(4,13(12,2)3)7-5-9-17-11-15-10-16-17/h10-12H,5-9H2,1-4H3/t12-,14+/m0/s1. The van der Waals surface area contributed by atoms with Crippen molar-refractivity contribution in [3.05, 3.63) is 12.7 Å². The molecule has 1 aliphatic rings. The summed E-state index contributed by atoms with van der Waals surface area (Å²) in [7, 11) is 0. The molecule has 1 aromatic rings. The Bertz CT molecular complexity index is 356. The first-order valence-electron chi connectivity index (χ1n) is 6.78. The van der Waals surface area contributed by atoms with Crippen molar-refractivity contribution in [3.8, 4) is 0 Å². The second kappa shape index (κ2) is 4.43. The Morgan fingerprint density at radius 2 is 2.12 bits per heavy atom. The topological polar surface area (TPSA) is 30.7 Å². The Morgan fingerprint density at radius 3 is 2.65 bits per heavy atom. The van der Waals surface area contributed by atoms with Gasteiger partial charge in [0.05, 0.1) is 0 Å². The van der Waals surface area contributed by atoms with Crippen molar-refractivity contribution >= 4 is 0 Å². The molecule has 0 aromatic carbocycles. The first-order valence-corrected chi connectivity index (χ1v) is 6.78. The highest BCUT2D eigenvalue weighted by atomic mass is 15.3. The average Bonchev–Trinajstić information content (AvgIpc) is 2.84. The van der Waals surface area contributed by atoms with Crippen molar-refractivity contribution in [1.82, 2.24) is 14.8 Å². The minimum Gasteiger partial charge on any atom is -0.253 e. The van der Waals surface area contributed by atoms with Gasteiger partial charge in [-0.2, -0.15) is 5.10 Å². The maximum Gasteiger partial charge on any atom is 0.137 e. The molecule has 1 saturated carbocycles. The van der Waals surface area contributed by atoms with Crippen molar-refractivity contribution in [3.63, 3.8) is 0 Å². The molecule has 1 aromatic heterocycles. The van der Waals surface area contributed by atoms with Crippen LogP contribution in [0.25, 0.3) is 0 Å². The van der Waals surface area contributed by atoms with Gasteiger partial charge in [-0.1, -0.05) is 27.7 Å². The van der Waals surface area contributed by atoms with Crippen molar-refractivity contribution in [2.24, 2.45) is 16.7 Å². The van der Waals surface area contributed by atoms with Gasteiger partial charge in [0.25, 0.3) is 0 Å². The van der Waals surface area contributed by atoms with E-state index in [1.165, 1.54) is 25.7 Å². The summed E-state index contributed by atoms with van der Waals surface area (Å²) in [6.45, 7) is 10.8. The molecule has 2 atom stereocenters. The normalized spacial score (nSPS) is 31.9. The van der Waals surface area contributed by atoms with Crippen LogP contribution in [-0.4, -0.2) is 14.8 Å². The second-order valence-electron chi connectivity index (χ2n) is 6.48. The summed E-state index contributed by atoms with van der Waals surface area (Å²) in [5.41, 5.74) is 0.961. The summed E-state index contributed by atoms with van der Waals surface area (Å²) < 4.78 is 1.94. The monoisotopic (exact) mass is 235 g/mol. The van der Waals surface area contributed by atoms with Gasteiger partial charge in [0.2, 0.25) is 0 Å². The summed E-state index contributed by atoms with van der Waals surface area (Å²) in [5, 5.41) is 4.16. The lowest BCUT2D eigenvalue weighted by atomic mass is 9.64. The predicted octanol–water partition coefficient (Wildman–Crippen LogP) is 3.52. The van der Waals surface area contributed by atoms with Gasteiger partial charge in [-0.3, -0.25) is 4.68 Å². The Hall–Kier alpha value is -0.860. The second-order valence-corrected chi connectivity index (χ2v) is 6.48. The van der Waals surface area contributed by atoms with Gasteiger partial charge in [0, 0.05) is 6.54 Å². The van der Waals surface area contributed by atoms with Gasteiger partial charge < -0.3 is 0 Å². The number of hydrogen-bond donors (Lipinski definition) is 0. The fourth-order valence-electron chi connectivity index (χ4n) is 3.24. The van der Waals surface area contributed by atoms with E-state index < -0.39 is 0 Å². The number of nitrogens with zero attached hydrogens (tertiary/aromatic N) is 3. The maximum absolute atomic E-state index is 4.16. The van der Waals surface area contributed by atoms with Crippen molar-refractivity contribution < 1.29 is 0 Å². The lowest BCUT2D eigenvalue weighted by Crippen LogP contribution is -2.33. The summed E-state index contributed by atoms with van der Waals surface area (Å²) in [6.07, 6.45) is 8.68. The van der Waals surface area contributed by atoms with Crippen LogP contribution in [0.3, 0.4) is 0 Å². The molecule has 1 aliphatic carbocycles. The molecular formula is C14H25N3. The van der Waals surface area contributed by atoms with E-state index in [0.717, 1.165) is 12.5 Å². The van der Waals surface area contributed by atoms with Crippen LogP contribution in [0, 0.1) is 16.7 Å². The highest BCUT2D eigenvalue weighted by molar-refractivity contribution is 4.98. The molecule has 96 valence electrons. The zero-order valence-electron chi connectivity index (χ0n) is 11.6. The van der Waals surface area contributed by atoms with Crippen molar-refractivity contribution in [1.29, 1.82) is 0 Å². The molecule has 0 N–H and O–H groups in total. The van der Waals surface area contributed by atoms with E-state index in [0.29, 0.717) is 10.8 Å². The Morgan fingerprint density at radius 1 is 1.35 bits per heavy atom. The Labute approximate surface area is 105 Å². The summed E-state index contributed by atoms with van der Waals surface area (Å²) in [4.78, 5) is 3.98. The number of aryl methyl sites for hydroxylation is 1. The van der Waals surface area contributed by atoms with Crippen molar-refractivity contribution in [2.45, 2.75) is 59.9 Å². The first-order chi connectivity index (χ1) is 7.96. The van der Waals surface area contributed by atoms with E-state index >= 15 is 0 Å². The maximum atomic E-state index is 4.16. The molecule has 0 aliphatic heterocycles. The quantitative estimate of drug-likeness (QED) is 0.799. The summed E-state index contributed by atoms with van der Waals surface area (Å²) in [6, 6.07) is 0. The zero-order chi connectivity index (χ0) is 12.5. The number of hydrogen-bond acceptors (Lipinski definition) is 2. The SMILES string of the molecule is C[C@H]1CC[C@@](C)(CCCn2cncn2)C1(C)C. The minimum absolute atomic E-state index is 0.468. The lowest BCUT2D eigenvalue weighted by Gasteiger charge is -2.41. The molecule has 0 radical (unpaired) electrons. The van der Waals surface area contributed by atoms with E-state index in [9.17, 15) is 0 Å². The van der Waals surface area contributed by atoms with E-state index in [4.69, 9.17) is 0 Å². The van der Waals surface area contributed by atoms with E-state index in [1.807, 2.05) is 11.0 Å². The third kappa shape index (κ3) is 2.24. The number of aromatic nitrogens is 3. The minimum atomic E-state index is 0.468. The molecule has 3 heteroatoms. The molecule has 0 saturated heterocycles. The molecular weight excluding hydrogens is 210 g/mol. The van der Waals surface area contributed by atoms with E-state index in [1.54, 1.807) is 6.33 Å². The van der Waals surface area contributed by atoms with Gasteiger partial charge in [-0.15, -0.1) is 0 Å². The third-order valence-electron chi connectivity index (χ3n) is 5.50. The van der Waals surface area contributed by atoms with Gasteiger partial charge >= 0.3 is 0 Å². The number of rotatable bonds is 4. The van der Waals surface area contributed by atoms with Crippen LogP contribution in [0.15, 0.2) is 12.7 Å². The summed E-state index contributed by atoms with van der Waals surface area (Å²) in [5.74, 6) is 0.846. The van der Waals surface area contributed by atoms with Crippen LogP contribution < -0.4 is 0 Å². The van der Waals surface area contributed by atoms with Crippen LogP contribution in [0.5, 0.6) is 0 Å². The lowest BCUT2D eigenvalue weighted by molar-refractivity contribution is 0.0818. The van der Waals surface area contributed by atoms with Crippen LogP contribution in [0.2, 0.25) is 0 Å². The van der Waals surface area contributed by atoms with E-state index in [2.05, 4.69) is 37.8 Å². The van der Waals surface area contributed by atoms with Crippen molar-refractivity contribution in [2.75, 3.05) is 0 Å². The molecule has 1 fully saturated rings. The zero-order valence-corrected chi connectivity index (χ0v) is 11.6. The highest BCUT2D eigenvalue weighted by Gasteiger charge is 2.48. The fourth-order valence-corrected chi connectivity index (χ4v) is 3.24. The smallest absolute Gasteiger partial charge is 0.137 e. The molecule has 0 unspecified atom stereocenters. The third-order valence-corrected chi connectivity index (χ3v) is 5.50.